The predicted molar refractivity (Wildman–Crippen MR) is 77.1 cm³/mol. The molecule has 2 atom stereocenters. The van der Waals surface area contributed by atoms with Gasteiger partial charge in [0.05, 0.1) is 11.4 Å². The number of nitrogens with one attached hydrogen (secondary N) is 2. The zero-order valence-corrected chi connectivity index (χ0v) is 12.0. The summed E-state index contributed by atoms with van der Waals surface area (Å²) in [4.78, 5) is 4.77. The van der Waals surface area contributed by atoms with Crippen LogP contribution in [-0.2, 0) is 4.74 Å². The van der Waals surface area contributed by atoms with Crippen molar-refractivity contribution >= 4 is 0 Å². The summed E-state index contributed by atoms with van der Waals surface area (Å²) in [7, 11) is 0. The number of nitrogens with zero attached hydrogens (tertiary/aromatic N) is 1. The van der Waals surface area contributed by atoms with Crippen LogP contribution in [0, 0.1) is 0 Å². The van der Waals surface area contributed by atoms with Crippen molar-refractivity contribution in [2.45, 2.75) is 38.8 Å². The van der Waals surface area contributed by atoms with Gasteiger partial charge < -0.3 is 15.4 Å². The Morgan fingerprint density at radius 2 is 1.53 bits per heavy atom. The van der Waals surface area contributed by atoms with Crippen molar-refractivity contribution in [2.75, 3.05) is 26.3 Å². The van der Waals surface area contributed by atoms with Gasteiger partial charge in [-0.1, -0.05) is 6.07 Å². The molecule has 0 unspecified atom stereocenters. The number of hydrogen-bond acceptors (Lipinski definition) is 4. The fourth-order valence-corrected chi connectivity index (χ4v) is 2.25. The number of rotatable bonds is 0. The molecule has 0 aliphatic carbocycles. The molecule has 0 radical (unpaired) electrons. The molecular formula is C15H25N3O. The molecule has 0 fully saturated rings. The van der Waals surface area contributed by atoms with Crippen LogP contribution in [0.25, 0.3) is 0 Å². The van der Waals surface area contributed by atoms with Crippen molar-refractivity contribution in [2.24, 2.45) is 0 Å². The summed E-state index contributed by atoms with van der Waals surface area (Å²) >= 11 is 0. The first-order valence-corrected chi connectivity index (χ1v) is 7.29. The van der Waals surface area contributed by atoms with Gasteiger partial charge in [0.2, 0.25) is 0 Å². The fraction of sp³-hybridized carbons (Fsp3) is 0.667. The topological polar surface area (TPSA) is 46.2 Å². The molecule has 4 heteroatoms. The van der Waals surface area contributed by atoms with Gasteiger partial charge in [-0.3, -0.25) is 4.98 Å². The molecule has 1 aromatic heterocycles. The van der Waals surface area contributed by atoms with Crippen LogP contribution in [-0.4, -0.2) is 31.3 Å². The minimum atomic E-state index is 0.287. The average Bonchev–Trinajstić information content (AvgIpc) is 2.44. The van der Waals surface area contributed by atoms with E-state index in [0.717, 1.165) is 50.5 Å². The van der Waals surface area contributed by atoms with Gasteiger partial charge in [0.15, 0.2) is 0 Å². The van der Waals surface area contributed by atoms with Crippen LogP contribution >= 0.6 is 0 Å². The maximum atomic E-state index is 5.60. The van der Waals surface area contributed by atoms with Crippen molar-refractivity contribution in [3.63, 3.8) is 0 Å². The molecule has 19 heavy (non-hydrogen) atoms. The highest BCUT2D eigenvalue weighted by molar-refractivity contribution is 5.16. The first-order chi connectivity index (χ1) is 9.27. The normalized spacial score (nSPS) is 26.6. The third-order valence-corrected chi connectivity index (χ3v) is 3.51. The van der Waals surface area contributed by atoms with Gasteiger partial charge in [-0.05, 0) is 51.9 Å². The molecule has 1 aliphatic heterocycles. The van der Waals surface area contributed by atoms with Crippen LogP contribution in [0.1, 0.15) is 50.2 Å². The molecule has 0 saturated heterocycles. The van der Waals surface area contributed by atoms with Gasteiger partial charge in [0.25, 0.3) is 0 Å². The van der Waals surface area contributed by atoms with Crippen LogP contribution < -0.4 is 10.6 Å². The quantitative estimate of drug-likeness (QED) is 0.753. The Morgan fingerprint density at radius 1 is 1.00 bits per heavy atom. The summed E-state index contributed by atoms with van der Waals surface area (Å²) in [5.74, 6) is 0. The van der Waals surface area contributed by atoms with Crippen molar-refractivity contribution < 1.29 is 4.74 Å². The Labute approximate surface area is 116 Å². The summed E-state index contributed by atoms with van der Waals surface area (Å²) in [6.07, 6.45) is 2.10. The van der Waals surface area contributed by atoms with Gasteiger partial charge >= 0.3 is 0 Å². The SMILES string of the molecule is C[C@H]1NCCCOCCCN[C@H](C)c2cccc1n2. The lowest BCUT2D eigenvalue weighted by atomic mass is 10.1. The van der Waals surface area contributed by atoms with E-state index in [0.29, 0.717) is 0 Å². The first-order valence-electron chi connectivity index (χ1n) is 7.29. The van der Waals surface area contributed by atoms with Crippen molar-refractivity contribution in [3.05, 3.63) is 29.6 Å². The summed E-state index contributed by atoms with van der Waals surface area (Å²) in [6, 6.07) is 6.86. The van der Waals surface area contributed by atoms with Crippen LogP contribution in [0.3, 0.4) is 0 Å². The molecule has 0 amide bonds. The lowest BCUT2D eigenvalue weighted by molar-refractivity contribution is 0.128. The van der Waals surface area contributed by atoms with Crippen molar-refractivity contribution in [1.82, 2.24) is 15.6 Å². The van der Waals surface area contributed by atoms with E-state index in [-0.39, 0.29) is 12.1 Å². The largest absolute Gasteiger partial charge is 0.381 e. The van der Waals surface area contributed by atoms with Crippen LogP contribution in [0.4, 0.5) is 0 Å². The second-order valence-corrected chi connectivity index (χ2v) is 5.16. The predicted octanol–water partition coefficient (Wildman–Crippen LogP) is 2.19. The number of aromatic nitrogens is 1. The molecule has 106 valence electrons. The summed E-state index contributed by atoms with van der Waals surface area (Å²) in [5, 5.41) is 6.99. The standard InChI is InChI=1S/C15H25N3O/c1-12-14-6-3-7-15(18-14)13(2)17-9-5-11-19-10-4-8-16-12/h3,6-7,12-13,16-17H,4-5,8-11H2,1-2H3/t12-,13-/m1/s1. The molecular weight excluding hydrogens is 238 g/mol. The van der Waals surface area contributed by atoms with E-state index < -0.39 is 0 Å². The van der Waals surface area contributed by atoms with Crippen LogP contribution in [0.5, 0.6) is 0 Å². The highest BCUT2D eigenvalue weighted by atomic mass is 16.5. The Kier molecular flexibility index (Phi) is 5.76. The van der Waals surface area contributed by atoms with Crippen LogP contribution in [0.2, 0.25) is 0 Å². The van der Waals surface area contributed by atoms with Gasteiger partial charge in [0, 0.05) is 25.3 Å². The summed E-state index contributed by atoms with van der Waals surface area (Å²) in [6.45, 7) is 7.95. The van der Waals surface area contributed by atoms with Crippen LogP contribution in [0.15, 0.2) is 18.2 Å². The van der Waals surface area contributed by atoms with Crippen molar-refractivity contribution in [3.8, 4) is 0 Å². The van der Waals surface area contributed by atoms with E-state index in [4.69, 9.17) is 9.72 Å². The van der Waals surface area contributed by atoms with Gasteiger partial charge in [-0.2, -0.15) is 0 Å². The van der Waals surface area contributed by atoms with E-state index in [1.54, 1.807) is 0 Å². The minimum Gasteiger partial charge on any atom is -0.381 e. The molecule has 1 aromatic rings. The smallest absolute Gasteiger partial charge is 0.0574 e. The number of pyridine rings is 1. The Hall–Kier alpha value is -0.970. The minimum absolute atomic E-state index is 0.287. The maximum absolute atomic E-state index is 5.60. The van der Waals surface area contributed by atoms with E-state index in [2.05, 4.69) is 42.7 Å². The van der Waals surface area contributed by atoms with Gasteiger partial charge in [-0.25, -0.2) is 0 Å². The van der Waals surface area contributed by atoms with E-state index in [1.165, 1.54) is 0 Å². The van der Waals surface area contributed by atoms with Gasteiger partial charge in [0.1, 0.15) is 0 Å². The molecule has 2 rings (SSSR count). The number of fused-ring (bicyclic) bond motifs is 2. The molecule has 2 heterocycles. The highest BCUT2D eigenvalue weighted by Gasteiger charge is 2.11. The number of hydrogen-bond donors (Lipinski definition) is 2. The molecule has 0 spiro atoms. The Balaban J connectivity index is 2.08. The molecule has 2 bridgehead atoms. The highest BCUT2D eigenvalue weighted by Crippen LogP contribution is 2.15. The van der Waals surface area contributed by atoms with Crippen molar-refractivity contribution in [1.29, 1.82) is 0 Å². The number of ether oxygens (including phenoxy) is 1. The monoisotopic (exact) mass is 263 g/mol. The maximum Gasteiger partial charge on any atom is 0.0574 e. The second-order valence-electron chi connectivity index (χ2n) is 5.16. The van der Waals surface area contributed by atoms with E-state index in [1.807, 2.05) is 0 Å². The summed E-state index contributed by atoms with van der Waals surface area (Å²) in [5.41, 5.74) is 2.23. The molecule has 2 N–H and O–H groups in total. The molecule has 4 nitrogen and oxygen atoms in total. The lowest BCUT2D eigenvalue weighted by Crippen LogP contribution is -2.25. The zero-order valence-electron chi connectivity index (χ0n) is 12.0. The Morgan fingerprint density at radius 3 is 2.05 bits per heavy atom. The lowest BCUT2D eigenvalue weighted by Gasteiger charge is -2.18. The van der Waals surface area contributed by atoms with E-state index >= 15 is 0 Å². The average molecular weight is 263 g/mol. The molecule has 0 saturated carbocycles. The third-order valence-electron chi connectivity index (χ3n) is 3.51. The fourth-order valence-electron chi connectivity index (χ4n) is 2.25. The summed E-state index contributed by atoms with van der Waals surface area (Å²) < 4.78 is 5.60. The van der Waals surface area contributed by atoms with E-state index in [9.17, 15) is 0 Å². The Bertz CT molecular complexity index is 352. The third kappa shape index (κ3) is 4.56. The zero-order chi connectivity index (χ0) is 13.5. The first kappa shape index (κ1) is 14.4. The molecule has 0 aromatic carbocycles. The second kappa shape index (κ2) is 7.58. The van der Waals surface area contributed by atoms with Gasteiger partial charge in [-0.15, -0.1) is 0 Å². The molecule has 1 aliphatic rings.